The number of hydrogen-bond donors (Lipinski definition) is 0. The van der Waals surface area contributed by atoms with Crippen LogP contribution in [0, 0.1) is 6.92 Å². The summed E-state index contributed by atoms with van der Waals surface area (Å²) in [5.41, 5.74) is 2.10. The van der Waals surface area contributed by atoms with E-state index in [0.717, 1.165) is 56.0 Å². The van der Waals surface area contributed by atoms with Crippen molar-refractivity contribution in [1.29, 1.82) is 0 Å². The molecule has 1 aromatic heterocycles. The van der Waals surface area contributed by atoms with Crippen LogP contribution in [0.3, 0.4) is 0 Å². The van der Waals surface area contributed by atoms with Gasteiger partial charge in [-0.1, -0.05) is 18.2 Å². The van der Waals surface area contributed by atoms with Crippen LogP contribution in [0.15, 0.2) is 36.4 Å². The lowest BCUT2D eigenvalue weighted by Gasteiger charge is -2.29. The molecule has 0 saturated carbocycles. The summed E-state index contributed by atoms with van der Waals surface area (Å²) in [6.45, 7) is 8.25. The lowest BCUT2D eigenvalue weighted by Crippen LogP contribution is -2.37. The van der Waals surface area contributed by atoms with E-state index in [4.69, 9.17) is 9.72 Å². The van der Waals surface area contributed by atoms with Crippen LogP contribution in [-0.4, -0.2) is 42.8 Å². The first-order chi connectivity index (χ1) is 10.8. The van der Waals surface area contributed by atoms with Crippen LogP contribution in [0.1, 0.15) is 12.6 Å². The lowest BCUT2D eigenvalue weighted by atomic mass is 10.3. The van der Waals surface area contributed by atoms with Gasteiger partial charge in [-0.05, 0) is 26.0 Å². The van der Waals surface area contributed by atoms with Crippen LogP contribution in [0.4, 0.5) is 17.5 Å². The van der Waals surface area contributed by atoms with E-state index >= 15 is 0 Å². The molecule has 0 N–H and O–H groups in total. The maximum absolute atomic E-state index is 5.42. The van der Waals surface area contributed by atoms with Crippen LogP contribution in [0.2, 0.25) is 0 Å². The second-order valence-electron chi connectivity index (χ2n) is 5.35. The summed E-state index contributed by atoms with van der Waals surface area (Å²) < 4.78 is 5.42. The van der Waals surface area contributed by atoms with Crippen molar-refractivity contribution in [1.82, 2.24) is 9.97 Å². The number of rotatable bonds is 4. The second kappa shape index (κ2) is 6.75. The van der Waals surface area contributed by atoms with Crippen LogP contribution in [-0.2, 0) is 4.74 Å². The van der Waals surface area contributed by atoms with Crippen LogP contribution in [0.25, 0.3) is 0 Å². The van der Waals surface area contributed by atoms with E-state index in [1.54, 1.807) is 0 Å². The van der Waals surface area contributed by atoms with Gasteiger partial charge in [0.2, 0.25) is 5.95 Å². The van der Waals surface area contributed by atoms with Gasteiger partial charge in [-0.2, -0.15) is 4.98 Å². The van der Waals surface area contributed by atoms with Crippen molar-refractivity contribution in [3.8, 4) is 0 Å². The zero-order valence-electron chi connectivity index (χ0n) is 13.2. The standard InChI is InChI=1S/C17H22N4O/c1-3-21(15-7-5-4-6-8-15)17-18-14(2)13-16(19-17)20-9-11-22-12-10-20/h4-8,13H,3,9-12H2,1-2H3. The maximum atomic E-state index is 5.42. The molecule has 0 atom stereocenters. The molecular formula is C17H22N4O. The molecule has 5 nitrogen and oxygen atoms in total. The Morgan fingerprint density at radius 3 is 2.55 bits per heavy atom. The third kappa shape index (κ3) is 3.20. The Balaban J connectivity index is 1.93. The summed E-state index contributed by atoms with van der Waals surface area (Å²) in [7, 11) is 0. The van der Waals surface area contributed by atoms with Gasteiger partial charge < -0.3 is 14.5 Å². The Kier molecular flexibility index (Phi) is 4.53. The molecule has 0 radical (unpaired) electrons. The predicted octanol–water partition coefficient (Wildman–Crippen LogP) is 2.78. The molecule has 2 heterocycles. The molecule has 2 aromatic rings. The number of nitrogens with zero attached hydrogens (tertiary/aromatic N) is 4. The summed E-state index contributed by atoms with van der Waals surface area (Å²) in [5.74, 6) is 1.75. The van der Waals surface area contributed by atoms with Gasteiger partial charge in [-0.3, -0.25) is 0 Å². The average molecular weight is 298 g/mol. The Morgan fingerprint density at radius 2 is 1.86 bits per heavy atom. The number of morpholine rings is 1. The van der Waals surface area contributed by atoms with Crippen molar-refractivity contribution in [2.45, 2.75) is 13.8 Å². The Morgan fingerprint density at radius 1 is 1.14 bits per heavy atom. The molecule has 0 spiro atoms. The predicted molar refractivity (Wildman–Crippen MR) is 88.9 cm³/mol. The molecule has 1 aromatic carbocycles. The van der Waals surface area contributed by atoms with Crippen molar-refractivity contribution in [2.24, 2.45) is 0 Å². The van der Waals surface area contributed by atoms with Gasteiger partial charge in [0.1, 0.15) is 5.82 Å². The highest BCUT2D eigenvalue weighted by Crippen LogP contribution is 2.24. The van der Waals surface area contributed by atoms with Crippen molar-refractivity contribution in [3.63, 3.8) is 0 Å². The van der Waals surface area contributed by atoms with Crippen LogP contribution in [0.5, 0.6) is 0 Å². The normalized spacial score (nSPS) is 14.9. The number of anilines is 3. The quantitative estimate of drug-likeness (QED) is 0.868. The number of para-hydroxylation sites is 1. The number of aromatic nitrogens is 2. The first-order valence-electron chi connectivity index (χ1n) is 7.79. The average Bonchev–Trinajstić information content (AvgIpc) is 2.57. The Labute approximate surface area is 131 Å². The fourth-order valence-corrected chi connectivity index (χ4v) is 2.66. The molecular weight excluding hydrogens is 276 g/mol. The van der Waals surface area contributed by atoms with Crippen molar-refractivity contribution < 1.29 is 4.74 Å². The summed E-state index contributed by atoms with van der Waals surface area (Å²) in [5, 5.41) is 0. The van der Waals surface area contributed by atoms with Crippen molar-refractivity contribution in [2.75, 3.05) is 42.6 Å². The van der Waals surface area contributed by atoms with Crippen molar-refractivity contribution >= 4 is 17.5 Å². The summed E-state index contributed by atoms with van der Waals surface area (Å²) in [4.78, 5) is 13.8. The van der Waals surface area contributed by atoms with Gasteiger partial charge in [0.25, 0.3) is 0 Å². The zero-order chi connectivity index (χ0) is 15.4. The molecule has 0 bridgehead atoms. The van der Waals surface area contributed by atoms with Gasteiger partial charge in [-0.25, -0.2) is 4.98 Å². The van der Waals surface area contributed by atoms with Crippen LogP contribution >= 0.6 is 0 Å². The van der Waals surface area contributed by atoms with Gasteiger partial charge in [-0.15, -0.1) is 0 Å². The molecule has 0 amide bonds. The largest absolute Gasteiger partial charge is 0.378 e. The zero-order valence-corrected chi connectivity index (χ0v) is 13.2. The third-order valence-electron chi connectivity index (χ3n) is 3.79. The van der Waals surface area contributed by atoms with Gasteiger partial charge in [0.05, 0.1) is 13.2 Å². The fraction of sp³-hybridized carbons (Fsp3) is 0.412. The topological polar surface area (TPSA) is 41.5 Å². The van der Waals surface area contributed by atoms with Crippen LogP contribution < -0.4 is 9.80 Å². The van der Waals surface area contributed by atoms with E-state index in [0.29, 0.717) is 0 Å². The molecule has 1 fully saturated rings. The number of hydrogen-bond acceptors (Lipinski definition) is 5. The number of ether oxygens (including phenoxy) is 1. The highest BCUT2D eigenvalue weighted by molar-refractivity contribution is 5.59. The minimum atomic E-state index is 0.758. The van der Waals surface area contributed by atoms with Gasteiger partial charge >= 0.3 is 0 Å². The number of aryl methyl sites for hydroxylation is 1. The second-order valence-corrected chi connectivity index (χ2v) is 5.35. The smallest absolute Gasteiger partial charge is 0.232 e. The maximum Gasteiger partial charge on any atom is 0.232 e. The highest BCUT2D eigenvalue weighted by atomic mass is 16.5. The van der Waals surface area contributed by atoms with Gasteiger partial charge in [0.15, 0.2) is 0 Å². The minimum absolute atomic E-state index is 0.758. The molecule has 1 aliphatic heterocycles. The fourth-order valence-electron chi connectivity index (χ4n) is 2.66. The van der Waals surface area contributed by atoms with E-state index in [-0.39, 0.29) is 0 Å². The van der Waals surface area contributed by atoms with E-state index in [1.807, 2.05) is 31.2 Å². The molecule has 3 rings (SSSR count). The SMILES string of the molecule is CCN(c1ccccc1)c1nc(C)cc(N2CCOCC2)n1. The minimum Gasteiger partial charge on any atom is -0.378 e. The summed E-state index contributed by atoms with van der Waals surface area (Å²) in [6.07, 6.45) is 0. The van der Waals surface area contributed by atoms with E-state index in [1.165, 1.54) is 0 Å². The summed E-state index contributed by atoms with van der Waals surface area (Å²) >= 11 is 0. The summed E-state index contributed by atoms with van der Waals surface area (Å²) in [6, 6.07) is 12.3. The molecule has 22 heavy (non-hydrogen) atoms. The lowest BCUT2D eigenvalue weighted by molar-refractivity contribution is 0.122. The molecule has 1 aliphatic rings. The monoisotopic (exact) mass is 298 g/mol. The first kappa shape index (κ1) is 14.8. The number of benzene rings is 1. The molecule has 1 saturated heterocycles. The molecule has 0 unspecified atom stereocenters. The molecule has 5 heteroatoms. The van der Waals surface area contributed by atoms with Gasteiger partial charge in [0, 0.05) is 37.1 Å². The molecule has 0 aliphatic carbocycles. The van der Waals surface area contributed by atoms with E-state index in [9.17, 15) is 0 Å². The third-order valence-corrected chi connectivity index (χ3v) is 3.79. The highest BCUT2D eigenvalue weighted by Gasteiger charge is 2.17. The van der Waals surface area contributed by atoms with E-state index < -0.39 is 0 Å². The Hall–Kier alpha value is -2.14. The first-order valence-corrected chi connectivity index (χ1v) is 7.79. The van der Waals surface area contributed by atoms with E-state index in [2.05, 4.69) is 33.8 Å². The van der Waals surface area contributed by atoms with Crippen molar-refractivity contribution in [3.05, 3.63) is 42.1 Å². The Bertz CT molecular complexity index is 611. The molecule has 116 valence electrons.